The van der Waals surface area contributed by atoms with Gasteiger partial charge in [0, 0.05) is 18.8 Å². The van der Waals surface area contributed by atoms with Crippen molar-refractivity contribution in [1.29, 1.82) is 0 Å². The first-order valence-corrected chi connectivity index (χ1v) is 5.04. The Hall–Kier alpha value is -1.09. The first-order chi connectivity index (χ1) is 6.66. The van der Waals surface area contributed by atoms with Crippen molar-refractivity contribution in [3.8, 4) is 0 Å². The van der Waals surface area contributed by atoms with E-state index in [-0.39, 0.29) is 5.56 Å². The fourth-order valence-corrected chi connectivity index (χ4v) is 2.03. The van der Waals surface area contributed by atoms with E-state index in [1.54, 1.807) is 6.07 Å². The summed E-state index contributed by atoms with van der Waals surface area (Å²) in [5.74, 6) is 0. The highest BCUT2D eigenvalue weighted by Gasteiger charge is 2.21. The topological polar surface area (TPSA) is 25.2 Å². The number of nitrogens with zero attached hydrogens (tertiary/aromatic N) is 2. The molecule has 0 bridgehead atoms. The second-order valence-electron chi connectivity index (χ2n) is 4.15. The van der Waals surface area contributed by atoms with Crippen LogP contribution in [0.15, 0.2) is 23.1 Å². The van der Waals surface area contributed by atoms with Crippen LogP contribution >= 0.6 is 0 Å². The molecule has 0 amide bonds. The average Bonchev–Trinajstić information content (AvgIpc) is 2.51. The lowest BCUT2D eigenvalue weighted by atomic mass is 10.2. The van der Waals surface area contributed by atoms with Crippen LogP contribution in [0.1, 0.15) is 18.0 Å². The summed E-state index contributed by atoms with van der Waals surface area (Å²) >= 11 is 0. The van der Waals surface area contributed by atoms with Crippen molar-refractivity contribution in [2.24, 2.45) is 0 Å². The lowest BCUT2D eigenvalue weighted by molar-refractivity contribution is 0.390. The molecule has 14 heavy (non-hydrogen) atoms. The second-order valence-corrected chi connectivity index (χ2v) is 4.15. The van der Waals surface area contributed by atoms with Crippen molar-refractivity contribution in [3.05, 3.63) is 34.2 Å². The highest BCUT2D eigenvalue weighted by atomic mass is 16.1. The minimum absolute atomic E-state index is 0.130. The van der Waals surface area contributed by atoms with Crippen LogP contribution in [-0.4, -0.2) is 29.6 Å². The predicted octanol–water partition coefficient (Wildman–Crippen LogP) is 1.03. The predicted molar refractivity (Wildman–Crippen MR) is 56.6 cm³/mol. The summed E-state index contributed by atoms with van der Waals surface area (Å²) in [5, 5.41) is 0. The quantitative estimate of drug-likeness (QED) is 0.664. The van der Waals surface area contributed by atoms with E-state index >= 15 is 0 Å². The zero-order valence-electron chi connectivity index (χ0n) is 8.73. The van der Waals surface area contributed by atoms with Crippen LogP contribution in [0.5, 0.6) is 0 Å². The zero-order valence-corrected chi connectivity index (χ0v) is 8.73. The fraction of sp³-hybridized carbons (Fsp3) is 0.545. The van der Waals surface area contributed by atoms with Gasteiger partial charge in [-0.15, -0.1) is 0 Å². The van der Waals surface area contributed by atoms with Gasteiger partial charge in [0.1, 0.15) is 0 Å². The highest BCUT2D eigenvalue weighted by molar-refractivity contribution is 5.09. The molecule has 1 aliphatic heterocycles. The fourth-order valence-electron chi connectivity index (χ4n) is 2.03. The molecule has 1 aromatic heterocycles. The van der Waals surface area contributed by atoms with Gasteiger partial charge in [-0.25, -0.2) is 0 Å². The van der Waals surface area contributed by atoms with Crippen LogP contribution < -0.4 is 5.56 Å². The SMILES string of the molecule is Cc1ccn(C2CCN(C)C2)c(=O)c1. The third kappa shape index (κ3) is 1.73. The minimum atomic E-state index is 0.130. The first kappa shape index (κ1) is 9.46. The summed E-state index contributed by atoms with van der Waals surface area (Å²) in [6, 6.07) is 4.07. The van der Waals surface area contributed by atoms with Crippen LogP contribution in [0, 0.1) is 6.92 Å². The Morgan fingerprint density at radius 2 is 2.29 bits per heavy atom. The molecule has 0 aliphatic carbocycles. The van der Waals surface area contributed by atoms with E-state index in [1.165, 1.54) is 0 Å². The van der Waals surface area contributed by atoms with Gasteiger partial charge in [0.15, 0.2) is 0 Å². The number of aromatic nitrogens is 1. The maximum absolute atomic E-state index is 11.7. The molecule has 0 saturated carbocycles. The third-order valence-electron chi connectivity index (χ3n) is 2.86. The Morgan fingerprint density at radius 3 is 2.86 bits per heavy atom. The normalized spacial score (nSPS) is 22.9. The smallest absolute Gasteiger partial charge is 0.251 e. The van der Waals surface area contributed by atoms with Crippen molar-refractivity contribution in [3.63, 3.8) is 0 Å². The van der Waals surface area contributed by atoms with E-state index in [9.17, 15) is 4.79 Å². The van der Waals surface area contributed by atoms with Gasteiger partial charge in [-0.3, -0.25) is 4.79 Å². The summed E-state index contributed by atoms with van der Waals surface area (Å²) in [5.41, 5.74) is 1.17. The summed E-state index contributed by atoms with van der Waals surface area (Å²) in [6.45, 7) is 4.03. The summed E-state index contributed by atoms with van der Waals surface area (Å²) in [4.78, 5) is 13.9. The molecule has 3 nitrogen and oxygen atoms in total. The van der Waals surface area contributed by atoms with E-state index < -0.39 is 0 Å². The second kappa shape index (κ2) is 3.58. The Balaban J connectivity index is 2.29. The van der Waals surface area contributed by atoms with Crippen molar-refractivity contribution in [2.75, 3.05) is 20.1 Å². The Kier molecular flexibility index (Phi) is 2.42. The van der Waals surface area contributed by atoms with Crippen LogP contribution in [0.2, 0.25) is 0 Å². The molecule has 0 radical (unpaired) electrons. The third-order valence-corrected chi connectivity index (χ3v) is 2.86. The van der Waals surface area contributed by atoms with E-state index in [2.05, 4.69) is 11.9 Å². The molecular formula is C11H16N2O. The maximum Gasteiger partial charge on any atom is 0.251 e. The van der Waals surface area contributed by atoms with Gasteiger partial charge in [-0.1, -0.05) is 0 Å². The summed E-state index contributed by atoms with van der Waals surface area (Å²) in [7, 11) is 2.10. The molecule has 0 spiro atoms. The molecule has 76 valence electrons. The average molecular weight is 192 g/mol. The first-order valence-electron chi connectivity index (χ1n) is 5.04. The molecule has 1 atom stereocenters. The molecule has 2 rings (SSSR count). The molecule has 1 aromatic rings. The monoisotopic (exact) mass is 192 g/mol. The maximum atomic E-state index is 11.7. The number of pyridine rings is 1. The minimum Gasteiger partial charge on any atom is -0.311 e. The van der Waals surface area contributed by atoms with Crippen LogP contribution in [-0.2, 0) is 0 Å². The molecule has 1 fully saturated rings. The van der Waals surface area contributed by atoms with Crippen LogP contribution in [0.4, 0.5) is 0 Å². The van der Waals surface area contributed by atoms with Gasteiger partial charge in [-0.05, 0) is 38.6 Å². The van der Waals surface area contributed by atoms with Gasteiger partial charge in [0.25, 0.3) is 5.56 Å². The molecule has 1 saturated heterocycles. The molecule has 0 aromatic carbocycles. The molecule has 0 N–H and O–H groups in total. The molecule has 3 heteroatoms. The molecule has 1 unspecified atom stereocenters. The molecule has 1 aliphatic rings. The lowest BCUT2D eigenvalue weighted by Gasteiger charge is -2.13. The van der Waals surface area contributed by atoms with Gasteiger partial charge >= 0.3 is 0 Å². The van der Waals surface area contributed by atoms with Crippen molar-refractivity contribution in [2.45, 2.75) is 19.4 Å². The van der Waals surface area contributed by atoms with E-state index in [1.807, 2.05) is 23.8 Å². The van der Waals surface area contributed by atoms with Crippen LogP contribution in [0.25, 0.3) is 0 Å². The number of hydrogen-bond donors (Lipinski definition) is 0. The van der Waals surface area contributed by atoms with Gasteiger partial charge in [0.05, 0.1) is 6.04 Å². The largest absolute Gasteiger partial charge is 0.311 e. The van der Waals surface area contributed by atoms with Gasteiger partial charge in [0.2, 0.25) is 0 Å². The number of hydrogen-bond acceptors (Lipinski definition) is 2. The van der Waals surface area contributed by atoms with E-state index in [4.69, 9.17) is 0 Å². The molecular weight excluding hydrogens is 176 g/mol. The molecule has 2 heterocycles. The standard InChI is InChI=1S/C11H16N2O/c1-9-3-6-13(11(14)7-9)10-4-5-12(2)8-10/h3,6-7,10H,4-5,8H2,1-2H3. The summed E-state index contributed by atoms with van der Waals surface area (Å²) in [6.07, 6.45) is 3.00. The Bertz CT molecular complexity index is 383. The summed E-state index contributed by atoms with van der Waals surface area (Å²) < 4.78 is 1.86. The Labute approximate surface area is 84.0 Å². The van der Waals surface area contributed by atoms with Crippen molar-refractivity contribution >= 4 is 0 Å². The van der Waals surface area contributed by atoms with E-state index in [0.717, 1.165) is 25.1 Å². The lowest BCUT2D eigenvalue weighted by Crippen LogP contribution is -2.25. The number of rotatable bonds is 1. The highest BCUT2D eigenvalue weighted by Crippen LogP contribution is 2.17. The zero-order chi connectivity index (χ0) is 10.1. The van der Waals surface area contributed by atoms with Crippen LogP contribution in [0.3, 0.4) is 0 Å². The van der Waals surface area contributed by atoms with Gasteiger partial charge < -0.3 is 9.47 Å². The number of likely N-dealkylation sites (N-methyl/N-ethyl adjacent to an activating group) is 1. The van der Waals surface area contributed by atoms with Gasteiger partial charge in [-0.2, -0.15) is 0 Å². The van der Waals surface area contributed by atoms with Crippen molar-refractivity contribution in [1.82, 2.24) is 9.47 Å². The Morgan fingerprint density at radius 1 is 1.50 bits per heavy atom. The van der Waals surface area contributed by atoms with Crippen molar-refractivity contribution < 1.29 is 0 Å². The number of likely N-dealkylation sites (tertiary alicyclic amines) is 1. The van der Waals surface area contributed by atoms with E-state index in [0.29, 0.717) is 6.04 Å². The number of aryl methyl sites for hydroxylation is 1.